The first-order chi connectivity index (χ1) is 6.90. The highest BCUT2D eigenvalue weighted by Crippen LogP contribution is 2.13. The predicted molar refractivity (Wildman–Crippen MR) is 63.1 cm³/mol. The number of rotatable bonds is 6. The van der Waals surface area contributed by atoms with Gasteiger partial charge in [-0.2, -0.15) is 12.6 Å². The van der Waals surface area contributed by atoms with Crippen molar-refractivity contribution in [3.63, 3.8) is 0 Å². The molecule has 5 nitrogen and oxygen atoms in total. The van der Waals surface area contributed by atoms with Crippen LogP contribution in [0.25, 0.3) is 0 Å². The topological polar surface area (TPSA) is 90.4 Å². The second-order valence-corrected chi connectivity index (χ2v) is 4.22. The molecule has 0 heterocycles. The smallest absolute Gasteiger partial charge is 0.327 e. The zero-order valence-corrected chi connectivity index (χ0v) is 10.00. The van der Waals surface area contributed by atoms with E-state index in [0.29, 0.717) is 12.8 Å². The fourth-order valence-corrected chi connectivity index (χ4v) is 1.32. The maximum Gasteiger partial charge on any atom is 0.327 e. The van der Waals surface area contributed by atoms with Gasteiger partial charge in [-0.3, -0.25) is 10.4 Å². The van der Waals surface area contributed by atoms with Crippen molar-refractivity contribution < 1.29 is 9.90 Å². The normalized spacial score (nSPS) is 14.4. The van der Waals surface area contributed by atoms with E-state index < -0.39 is 12.0 Å². The first kappa shape index (κ1) is 14.2. The minimum Gasteiger partial charge on any atom is -0.480 e. The van der Waals surface area contributed by atoms with Crippen molar-refractivity contribution in [2.45, 2.75) is 44.4 Å². The summed E-state index contributed by atoms with van der Waals surface area (Å²) >= 11 is 4.29. The maximum absolute atomic E-state index is 10.9. The molecule has 0 aliphatic heterocycles. The van der Waals surface area contributed by atoms with Gasteiger partial charge in [-0.15, -0.1) is 0 Å². The van der Waals surface area contributed by atoms with Gasteiger partial charge in [0.15, 0.2) is 0 Å². The Hall–Kier alpha value is -0.750. The van der Waals surface area contributed by atoms with Crippen molar-refractivity contribution in [2.24, 2.45) is 5.84 Å². The summed E-state index contributed by atoms with van der Waals surface area (Å²) in [7, 11) is 0. The molecule has 4 N–H and O–H groups in total. The summed E-state index contributed by atoms with van der Waals surface area (Å²) in [6, 6.07) is -0.830. The minimum absolute atomic E-state index is 0.0506. The van der Waals surface area contributed by atoms with E-state index in [1.54, 1.807) is 0 Å². The van der Waals surface area contributed by atoms with Gasteiger partial charge in [0.1, 0.15) is 11.9 Å². The second-order valence-electron chi connectivity index (χ2n) is 3.49. The van der Waals surface area contributed by atoms with E-state index in [4.69, 9.17) is 16.4 Å². The fraction of sp³-hybridized carbons (Fsp3) is 0.778. The Kier molecular flexibility index (Phi) is 6.35. The number of hydrazine groups is 1. The third-order valence-corrected chi connectivity index (χ3v) is 2.88. The summed E-state index contributed by atoms with van der Waals surface area (Å²) in [6.45, 7) is 3.46. The van der Waals surface area contributed by atoms with E-state index in [2.05, 4.69) is 12.6 Å². The molecule has 88 valence electrons. The fourth-order valence-electron chi connectivity index (χ4n) is 1.17. The molecule has 0 rings (SSSR count). The predicted octanol–water partition coefficient (Wildman–Crippen LogP) is 1.10. The van der Waals surface area contributed by atoms with E-state index in [1.807, 2.05) is 6.92 Å². The van der Waals surface area contributed by atoms with Crippen LogP contribution in [-0.2, 0) is 4.79 Å². The summed E-state index contributed by atoms with van der Waals surface area (Å²) in [6.07, 6.45) is 1.98. The number of hydrogen-bond acceptors (Lipinski definition) is 4. The van der Waals surface area contributed by atoms with E-state index in [-0.39, 0.29) is 11.1 Å². The number of carboxylic acids is 1. The molecular weight excluding hydrogens is 214 g/mol. The Bertz CT molecular complexity index is 235. The first-order valence-electron chi connectivity index (χ1n) is 4.90. The number of carbonyl (C=O) groups is 1. The van der Waals surface area contributed by atoms with Crippen LogP contribution < -0.4 is 5.84 Å². The molecule has 0 saturated heterocycles. The van der Waals surface area contributed by atoms with Crippen LogP contribution >= 0.6 is 12.6 Å². The van der Waals surface area contributed by atoms with Crippen LogP contribution in [0.15, 0.2) is 0 Å². The van der Waals surface area contributed by atoms with E-state index in [9.17, 15) is 4.79 Å². The molecule has 0 aromatic rings. The molecule has 0 spiro atoms. The Labute approximate surface area is 95.5 Å². The van der Waals surface area contributed by atoms with Gasteiger partial charge >= 0.3 is 5.97 Å². The van der Waals surface area contributed by atoms with Crippen molar-refractivity contribution in [3.8, 4) is 0 Å². The molecule has 0 aliphatic carbocycles. The van der Waals surface area contributed by atoms with E-state index in [0.717, 1.165) is 11.4 Å². The number of nitrogens with one attached hydrogen (secondary N) is 1. The summed E-state index contributed by atoms with van der Waals surface area (Å²) in [5.41, 5.74) is 0. The van der Waals surface area contributed by atoms with Gasteiger partial charge in [-0.05, 0) is 26.2 Å². The lowest BCUT2D eigenvalue weighted by atomic mass is 10.1. The molecule has 0 fully saturated rings. The van der Waals surface area contributed by atoms with Crippen LogP contribution in [0.1, 0.15) is 33.1 Å². The quantitative estimate of drug-likeness (QED) is 0.182. The van der Waals surface area contributed by atoms with Crippen molar-refractivity contribution in [1.29, 1.82) is 5.41 Å². The van der Waals surface area contributed by atoms with Gasteiger partial charge in [0.05, 0.1) is 0 Å². The molecule has 0 radical (unpaired) electrons. The number of nitrogens with two attached hydrogens (primary N) is 1. The van der Waals surface area contributed by atoms with Crippen LogP contribution in [0.4, 0.5) is 0 Å². The third kappa shape index (κ3) is 5.03. The summed E-state index contributed by atoms with van der Waals surface area (Å²) in [4.78, 5) is 10.9. The van der Waals surface area contributed by atoms with Gasteiger partial charge in [0.2, 0.25) is 0 Å². The Morgan fingerprint density at radius 3 is 2.47 bits per heavy atom. The van der Waals surface area contributed by atoms with Crippen molar-refractivity contribution in [1.82, 2.24) is 5.01 Å². The Morgan fingerprint density at radius 1 is 1.60 bits per heavy atom. The number of hydrogen-bond donors (Lipinski definition) is 4. The zero-order chi connectivity index (χ0) is 12.0. The molecule has 2 unspecified atom stereocenters. The summed E-state index contributed by atoms with van der Waals surface area (Å²) in [5.74, 6) is 4.54. The van der Waals surface area contributed by atoms with Gasteiger partial charge in [0, 0.05) is 5.25 Å². The lowest BCUT2D eigenvalue weighted by molar-refractivity contribution is -0.142. The monoisotopic (exact) mass is 233 g/mol. The van der Waals surface area contributed by atoms with Crippen LogP contribution in [0.3, 0.4) is 0 Å². The molecule has 15 heavy (non-hydrogen) atoms. The van der Waals surface area contributed by atoms with Gasteiger partial charge < -0.3 is 5.11 Å². The molecule has 6 heteroatoms. The number of thiol groups is 1. The molecule has 0 aromatic carbocycles. The van der Waals surface area contributed by atoms with E-state index >= 15 is 0 Å². The van der Waals surface area contributed by atoms with Crippen LogP contribution in [0.2, 0.25) is 0 Å². The van der Waals surface area contributed by atoms with Crippen molar-refractivity contribution >= 4 is 24.4 Å². The van der Waals surface area contributed by atoms with Gasteiger partial charge in [-0.1, -0.05) is 6.92 Å². The van der Waals surface area contributed by atoms with E-state index in [1.165, 1.54) is 6.92 Å². The van der Waals surface area contributed by atoms with Crippen LogP contribution in [0, 0.1) is 5.41 Å². The number of nitrogens with zero attached hydrogens (tertiary/aromatic N) is 1. The van der Waals surface area contributed by atoms with Gasteiger partial charge in [-0.25, -0.2) is 10.6 Å². The molecule has 2 atom stereocenters. The van der Waals surface area contributed by atoms with Gasteiger partial charge in [0.25, 0.3) is 0 Å². The second kappa shape index (κ2) is 6.68. The molecule has 0 saturated carbocycles. The lowest BCUT2D eigenvalue weighted by Crippen LogP contribution is -2.48. The molecule has 0 amide bonds. The number of amidine groups is 1. The summed E-state index contributed by atoms with van der Waals surface area (Å²) < 4.78 is 0. The van der Waals surface area contributed by atoms with Crippen molar-refractivity contribution in [3.05, 3.63) is 0 Å². The third-order valence-electron chi connectivity index (χ3n) is 2.25. The maximum atomic E-state index is 10.9. The highest BCUT2D eigenvalue weighted by Gasteiger charge is 2.24. The van der Waals surface area contributed by atoms with Crippen molar-refractivity contribution in [2.75, 3.05) is 0 Å². The highest BCUT2D eigenvalue weighted by molar-refractivity contribution is 7.80. The Morgan fingerprint density at radius 2 is 2.13 bits per heavy atom. The number of aliphatic carboxylic acids is 1. The molecule has 0 bridgehead atoms. The first-order valence-corrected chi connectivity index (χ1v) is 5.41. The highest BCUT2D eigenvalue weighted by atomic mass is 32.1. The molecule has 0 aromatic heterocycles. The largest absolute Gasteiger partial charge is 0.480 e. The van der Waals surface area contributed by atoms with Crippen LogP contribution in [0.5, 0.6) is 0 Å². The Balaban J connectivity index is 4.29. The molecule has 0 aliphatic rings. The zero-order valence-electron chi connectivity index (χ0n) is 9.10. The minimum atomic E-state index is -0.999. The summed E-state index contributed by atoms with van der Waals surface area (Å²) in [5, 5.41) is 17.4. The average Bonchev–Trinajstić information content (AvgIpc) is 2.16. The molecular formula is C9H19N3O2S. The lowest BCUT2D eigenvalue weighted by Gasteiger charge is -2.25. The SMILES string of the molecule is CCC(S)CCC(C(=O)O)N(N)C(C)=N. The average molecular weight is 233 g/mol. The number of carboxylic acid groups (broad SMARTS) is 1. The standard InChI is InChI=1S/C9H19N3O2S/c1-3-7(15)4-5-8(9(13)14)12(11)6(2)10/h7-8,10,15H,3-5,11H2,1-2H3,(H,13,14). The van der Waals surface area contributed by atoms with Crippen LogP contribution in [-0.4, -0.2) is 33.2 Å².